The fourth-order valence-corrected chi connectivity index (χ4v) is 6.84. The molecule has 8 nitrogen and oxygen atoms in total. The molecular formula is C32H37Cl2N3O5S. The van der Waals surface area contributed by atoms with Crippen molar-refractivity contribution in [3.05, 3.63) is 87.9 Å². The van der Waals surface area contributed by atoms with Gasteiger partial charge in [-0.25, -0.2) is 8.42 Å². The number of amides is 2. The van der Waals surface area contributed by atoms with E-state index in [4.69, 9.17) is 27.9 Å². The molecule has 43 heavy (non-hydrogen) atoms. The highest BCUT2D eigenvalue weighted by Gasteiger charge is 2.33. The lowest BCUT2D eigenvalue weighted by atomic mass is 9.95. The van der Waals surface area contributed by atoms with E-state index in [-0.39, 0.29) is 29.1 Å². The summed E-state index contributed by atoms with van der Waals surface area (Å²) in [6.45, 7) is 3.00. The molecule has 0 spiro atoms. The van der Waals surface area contributed by atoms with Crippen LogP contribution in [-0.4, -0.2) is 50.9 Å². The summed E-state index contributed by atoms with van der Waals surface area (Å²) in [5.41, 5.74) is 1.83. The molecule has 0 aromatic heterocycles. The summed E-state index contributed by atoms with van der Waals surface area (Å²) >= 11 is 12.4. The fourth-order valence-electron chi connectivity index (χ4n) is 5.10. The molecule has 4 rings (SSSR count). The third-order valence-corrected chi connectivity index (χ3v) is 10.2. The van der Waals surface area contributed by atoms with Gasteiger partial charge in [-0.05, 0) is 80.8 Å². The molecule has 1 fully saturated rings. The zero-order valence-corrected chi connectivity index (χ0v) is 26.9. The van der Waals surface area contributed by atoms with Crippen molar-refractivity contribution in [1.82, 2.24) is 10.2 Å². The van der Waals surface area contributed by atoms with Gasteiger partial charge in [-0.15, -0.1) is 0 Å². The van der Waals surface area contributed by atoms with Gasteiger partial charge >= 0.3 is 0 Å². The van der Waals surface area contributed by atoms with Crippen LogP contribution in [0.3, 0.4) is 0 Å². The number of methoxy groups -OCH3 is 1. The Morgan fingerprint density at radius 3 is 2.21 bits per heavy atom. The van der Waals surface area contributed by atoms with Crippen LogP contribution in [0, 0.1) is 6.92 Å². The van der Waals surface area contributed by atoms with Crippen LogP contribution >= 0.6 is 23.2 Å². The maximum atomic E-state index is 14.1. The Kier molecular flexibility index (Phi) is 11.0. The molecule has 3 aromatic carbocycles. The van der Waals surface area contributed by atoms with Gasteiger partial charge in [0.1, 0.15) is 18.3 Å². The Labute approximate surface area is 264 Å². The minimum atomic E-state index is -4.17. The molecule has 3 aromatic rings. The van der Waals surface area contributed by atoms with Crippen LogP contribution in [0.2, 0.25) is 10.0 Å². The van der Waals surface area contributed by atoms with E-state index >= 15 is 0 Å². The number of anilines is 1. The molecule has 0 bridgehead atoms. The quantitative estimate of drug-likeness (QED) is 0.261. The second-order valence-corrected chi connectivity index (χ2v) is 13.5. The molecular weight excluding hydrogens is 609 g/mol. The van der Waals surface area contributed by atoms with E-state index in [0.29, 0.717) is 21.4 Å². The normalized spacial score (nSPS) is 14.5. The fraction of sp³-hybridized carbons (Fsp3) is 0.375. The molecule has 1 aliphatic rings. The van der Waals surface area contributed by atoms with Gasteiger partial charge < -0.3 is 15.0 Å². The van der Waals surface area contributed by atoms with E-state index in [0.717, 1.165) is 42.0 Å². The van der Waals surface area contributed by atoms with Crippen molar-refractivity contribution in [2.24, 2.45) is 0 Å². The molecule has 1 saturated carbocycles. The first-order valence-corrected chi connectivity index (χ1v) is 16.5. The van der Waals surface area contributed by atoms with E-state index in [1.807, 2.05) is 6.92 Å². The molecule has 2 amide bonds. The average molecular weight is 647 g/mol. The van der Waals surface area contributed by atoms with Gasteiger partial charge in [0.2, 0.25) is 11.8 Å². The number of hydrogen-bond acceptors (Lipinski definition) is 5. The van der Waals surface area contributed by atoms with E-state index in [1.165, 1.54) is 24.1 Å². The number of nitrogens with one attached hydrogen (secondary N) is 1. The summed E-state index contributed by atoms with van der Waals surface area (Å²) in [6.07, 6.45) is 5.00. The lowest BCUT2D eigenvalue weighted by Gasteiger charge is -2.33. The smallest absolute Gasteiger partial charge is 0.264 e. The van der Waals surface area contributed by atoms with Gasteiger partial charge in [-0.1, -0.05) is 66.2 Å². The Hall–Kier alpha value is -3.27. The van der Waals surface area contributed by atoms with Crippen molar-refractivity contribution in [2.75, 3.05) is 18.0 Å². The molecule has 1 aliphatic carbocycles. The van der Waals surface area contributed by atoms with Gasteiger partial charge in [0.05, 0.1) is 27.7 Å². The lowest BCUT2D eigenvalue weighted by molar-refractivity contribution is -0.139. The number of hydrogen-bond donors (Lipinski definition) is 1. The standard InChI is InChI=1S/C32H37Cl2N3O5S/c1-22-9-16-28(17-10-22)43(40,41)37(26-12-14-27(42-3)15-13-26)21-31(38)36(20-24-11-18-29(33)30(34)19-24)23(2)32(39)35-25-7-5-4-6-8-25/h9-19,23,25H,4-8,20-21H2,1-3H3,(H,35,39)/t23-/m1/s1. The largest absolute Gasteiger partial charge is 0.497 e. The van der Waals surface area contributed by atoms with Gasteiger partial charge in [-0.3, -0.25) is 13.9 Å². The number of nitrogens with zero attached hydrogens (tertiary/aromatic N) is 2. The summed E-state index contributed by atoms with van der Waals surface area (Å²) in [5, 5.41) is 3.77. The topological polar surface area (TPSA) is 96.0 Å². The number of ether oxygens (including phenoxy) is 1. The number of carbonyl (C=O) groups is 2. The first-order chi connectivity index (χ1) is 20.5. The highest BCUT2D eigenvalue weighted by molar-refractivity contribution is 7.92. The third kappa shape index (κ3) is 8.22. The van der Waals surface area contributed by atoms with Crippen molar-refractivity contribution in [3.63, 3.8) is 0 Å². The molecule has 0 radical (unpaired) electrons. The van der Waals surface area contributed by atoms with Crippen LogP contribution in [0.1, 0.15) is 50.2 Å². The number of aryl methyl sites for hydroxylation is 1. The van der Waals surface area contributed by atoms with E-state index in [9.17, 15) is 18.0 Å². The molecule has 0 saturated heterocycles. The Bertz CT molecular complexity index is 1530. The van der Waals surface area contributed by atoms with Gasteiger partial charge in [0.15, 0.2) is 0 Å². The summed E-state index contributed by atoms with van der Waals surface area (Å²) in [5.74, 6) is -0.307. The zero-order valence-electron chi connectivity index (χ0n) is 24.6. The summed E-state index contributed by atoms with van der Waals surface area (Å²) in [4.78, 5) is 29.0. The Balaban J connectivity index is 1.69. The van der Waals surface area contributed by atoms with Crippen molar-refractivity contribution in [2.45, 2.75) is 69.5 Å². The monoisotopic (exact) mass is 645 g/mol. The van der Waals surface area contributed by atoms with E-state index < -0.39 is 28.5 Å². The second kappa shape index (κ2) is 14.5. The zero-order chi connectivity index (χ0) is 31.1. The summed E-state index contributed by atoms with van der Waals surface area (Å²) in [7, 11) is -2.65. The SMILES string of the molecule is COc1ccc(N(CC(=O)N(Cc2ccc(Cl)c(Cl)c2)[C@H](C)C(=O)NC2CCCCC2)S(=O)(=O)c2ccc(C)cc2)cc1. The number of benzene rings is 3. The van der Waals surface area contributed by atoms with Crippen LogP contribution in [0.15, 0.2) is 71.6 Å². The summed E-state index contributed by atoms with van der Waals surface area (Å²) < 4.78 is 34.3. The number of sulfonamides is 1. The van der Waals surface area contributed by atoms with E-state index in [2.05, 4.69) is 5.32 Å². The number of carbonyl (C=O) groups excluding carboxylic acids is 2. The van der Waals surface area contributed by atoms with Crippen LogP contribution < -0.4 is 14.4 Å². The van der Waals surface area contributed by atoms with Gasteiger partial charge in [-0.2, -0.15) is 0 Å². The predicted molar refractivity (Wildman–Crippen MR) is 170 cm³/mol. The van der Waals surface area contributed by atoms with Crippen LogP contribution in [0.4, 0.5) is 5.69 Å². The van der Waals surface area contributed by atoms with Crippen LogP contribution in [-0.2, 0) is 26.2 Å². The predicted octanol–water partition coefficient (Wildman–Crippen LogP) is 6.37. The Morgan fingerprint density at radius 2 is 1.60 bits per heavy atom. The van der Waals surface area contributed by atoms with Gasteiger partial charge in [0, 0.05) is 12.6 Å². The van der Waals surface area contributed by atoms with Crippen molar-refractivity contribution < 1.29 is 22.7 Å². The first kappa shape index (κ1) is 32.6. The lowest BCUT2D eigenvalue weighted by Crippen LogP contribution is -2.53. The Morgan fingerprint density at radius 1 is 0.953 bits per heavy atom. The molecule has 11 heteroatoms. The molecule has 0 heterocycles. The van der Waals surface area contributed by atoms with Crippen molar-refractivity contribution >= 4 is 50.7 Å². The highest BCUT2D eigenvalue weighted by atomic mass is 35.5. The van der Waals surface area contributed by atoms with Crippen LogP contribution in [0.5, 0.6) is 5.75 Å². The molecule has 0 aliphatic heterocycles. The van der Waals surface area contributed by atoms with Crippen LogP contribution in [0.25, 0.3) is 0 Å². The molecule has 1 N–H and O–H groups in total. The highest BCUT2D eigenvalue weighted by Crippen LogP contribution is 2.28. The number of rotatable bonds is 11. The maximum Gasteiger partial charge on any atom is 0.264 e. The average Bonchev–Trinajstić information content (AvgIpc) is 3.00. The molecule has 230 valence electrons. The maximum absolute atomic E-state index is 14.1. The minimum Gasteiger partial charge on any atom is -0.497 e. The number of halogens is 2. The molecule has 1 atom stereocenters. The van der Waals surface area contributed by atoms with Gasteiger partial charge in [0.25, 0.3) is 10.0 Å². The second-order valence-electron chi connectivity index (χ2n) is 10.8. The molecule has 0 unspecified atom stereocenters. The minimum absolute atomic E-state index is 0.0238. The van der Waals surface area contributed by atoms with E-state index in [1.54, 1.807) is 61.5 Å². The third-order valence-electron chi connectivity index (χ3n) is 7.70. The van der Waals surface area contributed by atoms with Crippen molar-refractivity contribution in [1.29, 1.82) is 0 Å². The first-order valence-electron chi connectivity index (χ1n) is 14.3. The summed E-state index contributed by atoms with van der Waals surface area (Å²) in [6, 6.07) is 17.0. The van der Waals surface area contributed by atoms with Crippen molar-refractivity contribution in [3.8, 4) is 5.75 Å².